The van der Waals surface area contributed by atoms with Gasteiger partial charge in [-0.1, -0.05) is 24.3 Å². The number of thiophene rings is 1. The van der Waals surface area contributed by atoms with Gasteiger partial charge < -0.3 is 9.84 Å². The number of phenols is 1. The standard InChI is InChI=1S/C24H20N2O4S/c1-16-8-12-22(31-16)19-15-25-24(29)26(19,18-6-4-3-5-7-18)23(28)13-10-17-9-11-20(27)21(14-17)30-2/h3-15H,1-2H3,(H-,25,27,28,29)/p+1. The molecule has 0 aliphatic carbocycles. The Labute approximate surface area is 183 Å². The average Bonchev–Trinajstić information content (AvgIpc) is 3.36. The monoisotopic (exact) mass is 433 g/mol. The van der Waals surface area contributed by atoms with E-state index in [0.717, 1.165) is 9.75 Å². The Morgan fingerprint density at radius 2 is 1.90 bits per heavy atom. The number of urea groups is 1. The highest BCUT2D eigenvalue weighted by Gasteiger charge is 2.54. The third-order valence-electron chi connectivity index (χ3n) is 5.09. The maximum absolute atomic E-state index is 13.7. The van der Waals surface area contributed by atoms with E-state index < -0.39 is 16.4 Å². The number of ether oxygens (including phenoxy) is 1. The largest absolute Gasteiger partial charge is 0.504 e. The van der Waals surface area contributed by atoms with E-state index in [1.807, 2.05) is 25.1 Å². The minimum atomic E-state index is -0.591. The zero-order valence-electron chi connectivity index (χ0n) is 17.0. The molecule has 3 aromatic rings. The number of rotatable bonds is 5. The molecule has 3 amide bonds. The van der Waals surface area contributed by atoms with Crippen molar-refractivity contribution in [2.45, 2.75) is 6.92 Å². The van der Waals surface area contributed by atoms with Gasteiger partial charge in [0.05, 0.1) is 18.2 Å². The molecular weight excluding hydrogens is 412 g/mol. The van der Waals surface area contributed by atoms with Crippen LogP contribution in [-0.2, 0) is 4.79 Å². The van der Waals surface area contributed by atoms with Crippen LogP contribution in [0.4, 0.5) is 10.5 Å². The molecule has 0 saturated carbocycles. The number of aryl methyl sites for hydroxylation is 1. The highest BCUT2D eigenvalue weighted by atomic mass is 32.1. The number of carbonyl (C=O) groups is 2. The lowest BCUT2D eigenvalue weighted by Crippen LogP contribution is -2.55. The Balaban J connectivity index is 1.81. The topological polar surface area (TPSA) is 75.6 Å². The number of nitrogens with zero attached hydrogens (tertiary/aromatic N) is 1. The maximum Gasteiger partial charge on any atom is 0.438 e. The van der Waals surface area contributed by atoms with Gasteiger partial charge in [0, 0.05) is 23.1 Å². The molecular formula is C24H21N2O4S+. The highest BCUT2D eigenvalue weighted by Crippen LogP contribution is 2.41. The van der Waals surface area contributed by atoms with Crippen LogP contribution in [0.3, 0.4) is 0 Å². The molecule has 1 aliphatic rings. The third kappa shape index (κ3) is 3.54. The lowest BCUT2D eigenvalue weighted by Gasteiger charge is -2.27. The summed E-state index contributed by atoms with van der Waals surface area (Å²) in [5.74, 6) is -0.100. The summed E-state index contributed by atoms with van der Waals surface area (Å²) in [6, 6.07) is 17.2. The van der Waals surface area contributed by atoms with Crippen molar-refractivity contribution in [2.75, 3.05) is 7.11 Å². The van der Waals surface area contributed by atoms with Crippen LogP contribution in [0.5, 0.6) is 11.5 Å². The van der Waals surface area contributed by atoms with Gasteiger partial charge in [0.2, 0.25) is 0 Å². The van der Waals surface area contributed by atoms with Crippen LogP contribution in [-0.4, -0.2) is 24.2 Å². The summed E-state index contributed by atoms with van der Waals surface area (Å²) in [5.41, 5.74) is 1.78. The first kappa shape index (κ1) is 20.6. The van der Waals surface area contributed by atoms with Crippen LogP contribution >= 0.6 is 11.3 Å². The van der Waals surface area contributed by atoms with Crippen molar-refractivity contribution in [1.29, 1.82) is 0 Å². The van der Waals surface area contributed by atoms with E-state index in [-0.39, 0.29) is 5.75 Å². The van der Waals surface area contributed by atoms with Gasteiger partial charge in [-0.15, -0.1) is 15.8 Å². The third-order valence-corrected chi connectivity index (χ3v) is 6.11. The number of nitrogens with one attached hydrogen (secondary N) is 1. The Kier molecular flexibility index (Phi) is 5.46. The molecule has 0 fully saturated rings. The number of hydrogen-bond donors (Lipinski definition) is 2. The van der Waals surface area contributed by atoms with Crippen LogP contribution in [0.25, 0.3) is 11.8 Å². The first-order valence-electron chi connectivity index (χ1n) is 9.59. The van der Waals surface area contributed by atoms with Gasteiger partial charge in [-0.25, -0.2) is 9.59 Å². The first-order valence-corrected chi connectivity index (χ1v) is 10.4. The molecule has 6 nitrogen and oxygen atoms in total. The quantitative estimate of drug-likeness (QED) is 0.437. The first-order chi connectivity index (χ1) is 15.0. The van der Waals surface area contributed by atoms with Crippen molar-refractivity contribution in [3.63, 3.8) is 0 Å². The van der Waals surface area contributed by atoms with Crippen molar-refractivity contribution in [3.05, 3.63) is 88.3 Å². The minimum absolute atomic E-state index is 0.0102. The minimum Gasteiger partial charge on any atom is -0.504 e. The number of methoxy groups -OCH3 is 1. The molecule has 31 heavy (non-hydrogen) atoms. The lowest BCUT2D eigenvalue weighted by molar-refractivity contribution is -0.120. The summed E-state index contributed by atoms with van der Waals surface area (Å²) >= 11 is 1.53. The van der Waals surface area contributed by atoms with Crippen LogP contribution in [0.2, 0.25) is 0 Å². The van der Waals surface area contributed by atoms with Gasteiger partial charge in [-0.3, -0.25) is 5.32 Å². The van der Waals surface area contributed by atoms with Gasteiger partial charge in [0.1, 0.15) is 0 Å². The molecule has 0 radical (unpaired) electrons. The van der Waals surface area contributed by atoms with Gasteiger partial charge in [0.15, 0.2) is 22.9 Å². The van der Waals surface area contributed by atoms with Crippen molar-refractivity contribution in [2.24, 2.45) is 0 Å². The van der Waals surface area contributed by atoms with Gasteiger partial charge in [-0.2, -0.15) is 0 Å². The molecule has 1 atom stereocenters. The second kappa shape index (κ2) is 8.22. The van der Waals surface area contributed by atoms with E-state index in [4.69, 9.17) is 4.74 Å². The van der Waals surface area contributed by atoms with E-state index >= 15 is 0 Å². The zero-order chi connectivity index (χ0) is 22.0. The van der Waals surface area contributed by atoms with Crippen LogP contribution in [0.1, 0.15) is 15.3 Å². The predicted octanol–water partition coefficient (Wildman–Crippen LogP) is 5.04. The van der Waals surface area contributed by atoms with Gasteiger partial charge in [-0.05, 0) is 42.8 Å². The molecule has 1 aromatic heterocycles. The number of imide groups is 1. The molecule has 156 valence electrons. The molecule has 2 aromatic carbocycles. The fourth-order valence-electron chi connectivity index (χ4n) is 3.57. The number of phenolic OH excluding ortho intramolecular Hbond substituents is 1. The number of benzene rings is 2. The van der Waals surface area contributed by atoms with E-state index in [9.17, 15) is 14.7 Å². The SMILES string of the molecule is COc1cc(C=CC(=O)[N+]2(c3ccccc3)C(=O)NC=C2c2ccc(C)s2)ccc1O. The summed E-state index contributed by atoms with van der Waals surface area (Å²) in [4.78, 5) is 28.8. The molecule has 4 rings (SSSR count). The van der Waals surface area contributed by atoms with Crippen LogP contribution < -0.4 is 14.5 Å². The number of para-hydroxylation sites is 1. The molecule has 0 spiro atoms. The zero-order valence-corrected chi connectivity index (χ0v) is 17.8. The fraction of sp³-hybridized carbons (Fsp3) is 0.0833. The summed E-state index contributed by atoms with van der Waals surface area (Å²) in [5, 5.41) is 12.5. The Morgan fingerprint density at radius 3 is 2.58 bits per heavy atom. The van der Waals surface area contributed by atoms with Crippen LogP contribution in [0, 0.1) is 6.92 Å². The van der Waals surface area contributed by atoms with E-state index in [0.29, 0.717) is 22.7 Å². The molecule has 1 unspecified atom stereocenters. The van der Waals surface area contributed by atoms with Crippen molar-refractivity contribution in [3.8, 4) is 11.5 Å². The number of aromatic hydroxyl groups is 1. The van der Waals surface area contributed by atoms with Crippen molar-refractivity contribution in [1.82, 2.24) is 9.80 Å². The van der Waals surface area contributed by atoms with E-state index in [2.05, 4.69) is 5.32 Å². The van der Waals surface area contributed by atoms with Crippen LogP contribution in [0.15, 0.2) is 72.9 Å². The number of carbonyl (C=O) groups excluding carboxylic acids is 2. The fourth-order valence-corrected chi connectivity index (χ4v) is 4.49. The molecule has 2 N–H and O–H groups in total. The number of quaternary nitrogens is 1. The normalized spacial score (nSPS) is 18.1. The van der Waals surface area contributed by atoms with E-state index in [1.165, 1.54) is 30.6 Å². The number of amides is 3. The smallest absolute Gasteiger partial charge is 0.438 e. The Hall–Kier alpha value is -3.68. The highest BCUT2D eigenvalue weighted by molar-refractivity contribution is 7.13. The van der Waals surface area contributed by atoms with Crippen molar-refractivity contribution < 1.29 is 19.4 Å². The maximum atomic E-state index is 13.7. The average molecular weight is 434 g/mol. The number of hydrogen-bond acceptors (Lipinski definition) is 5. The molecule has 0 bridgehead atoms. The summed E-state index contributed by atoms with van der Waals surface area (Å²) in [6.07, 6.45) is 4.60. The Morgan fingerprint density at radius 1 is 1.13 bits per heavy atom. The second-order valence-electron chi connectivity index (χ2n) is 7.00. The summed E-state index contributed by atoms with van der Waals surface area (Å²) < 4.78 is 4.54. The van der Waals surface area contributed by atoms with Gasteiger partial charge in [0.25, 0.3) is 0 Å². The molecule has 1 aliphatic heterocycles. The second-order valence-corrected chi connectivity index (χ2v) is 8.29. The van der Waals surface area contributed by atoms with Gasteiger partial charge >= 0.3 is 11.9 Å². The summed E-state index contributed by atoms with van der Waals surface area (Å²) in [6.45, 7) is 1.98. The molecule has 7 heteroatoms. The molecule has 0 saturated heterocycles. The van der Waals surface area contributed by atoms with Crippen molar-refractivity contribution >= 4 is 40.7 Å². The lowest BCUT2D eigenvalue weighted by atomic mass is 10.1. The summed E-state index contributed by atoms with van der Waals surface area (Å²) in [7, 11) is 1.46. The van der Waals surface area contributed by atoms with E-state index in [1.54, 1.807) is 48.7 Å². The Bertz CT molecular complexity index is 1210. The predicted molar refractivity (Wildman–Crippen MR) is 123 cm³/mol. The molecule has 2 heterocycles.